The third kappa shape index (κ3) is 3.72. The van der Waals surface area contributed by atoms with Crippen LogP contribution in [0.25, 0.3) is 11.1 Å². The van der Waals surface area contributed by atoms with Gasteiger partial charge in [-0.2, -0.15) is 0 Å². The molecule has 27 heavy (non-hydrogen) atoms. The molecule has 2 aliphatic carbocycles. The molecule has 0 saturated heterocycles. The second kappa shape index (κ2) is 6.30. The van der Waals surface area contributed by atoms with E-state index in [9.17, 15) is 4.79 Å². The summed E-state index contributed by atoms with van der Waals surface area (Å²) in [5.74, 6) is 0.798. The monoisotopic (exact) mass is 370 g/mol. The van der Waals surface area contributed by atoms with Crippen molar-refractivity contribution in [3.63, 3.8) is 0 Å². The summed E-state index contributed by atoms with van der Waals surface area (Å²) in [5.41, 5.74) is 8.52. The largest absolute Gasteiger partial charge is 0.345 e. The van der Waals surface area contributed by atoms with Crippen LogP contribution in [0.2, 0.25) is 0 Å². The lowest BCUT2D eigenvalue weighted by molar-refractivity contribution is 0.0899. The molecule has 6 heteroatoms. The van der Waals surface area contributed by atoms with Crippen LogP contribution >= 0.6 is 0 Å². The number of amides is 1. The molecule has 6 nitrogen and oxygen atoms in total. The molecule has 3 N–H and O–H groups in total. The second-order valence-electron chi connectivity index (χ2n) is 9.77. The zero-order valence-corrected chi connectivity index (χ0v) is 16.8. The van der Waals surface area contributed by atoms with E-state index < -0.39 is 0 Å². The minimum Gasteiger partial charge on any atom is -0.345 e. The maximum absolute atomic E-state index is 13.3. The van der Waals surface area contributed by atoms with E-state index in [2.05, 4.69) is 36.2 Å². The lowest BCUT2D eigenvalue weighted by atomic mass is 9.89. The molecule has 4 rings (SSSR count). The van der Waals surface area contributed by atoms with E-state index in [4.69, 9.17) is 10.3 Å². The maximum Gasteiger partial charge on any atom is 0.259 e. The lowest BCUT2D eigenvalue weighted by Crippen LogP contribution is -2.53. The predicted octanol–water partition coefficient (Wildman–Crippen LogP) is 3.55. The van der Waals surface area contributed by atoms with E-state index in [1.54, 1.807) is 0 Å². The quantitative estimate of drug-likeness (QED) is 0.811. The summed E-state index contributed by atoms with van der Waals surface area (Å²) >= 11 is 0. The molecule has 2 aromatic rings. The Morgan fingerprint density at radius 3 is 2.52 bits per heavy atom. The van der Waals surface area contributed by atoms with Gasteiger partial charge in [0.15, 0.2) is 0 Å². The molecule has 0 radical (unpaired) electrons. The number of fused-ring (bicyclic) bond motifs is 1. The Bertz CT molecular complexity index is 874. The van der Waals surface area contributed by atoms with Crippen LogP contribution < -0.4 is 11.1 Å². The number of nitrogens with two attached hydrogens (primary N) is 1. The summed E-state index contributed by atoms with van der Waals surface area (Å²) in [6, 6.07) is 1.95. The van der Waals surface area contributed by atoms with Gasteiger partial charge in [-0.15, -0.1) is 0 Å². The van der Waals surface area contributed by atoms with Crippen molar-refractivity contribution in [2.45, 2.75) is 71.3 Å². The van der Waals surface area contributed by atoms with Gasteiger partial charge in [0.2, 0.25) is 0 Å². The molecule has 146 valence electrons. The number of pyridine rings is 1. The van der Waals surface area contributed by atoms with Crippen LogP contribution in [0.1, 0.15) is 81.0 Å². The second-order valence-corrected chi connectivity index (χ2v) is 9.77. The zero-order valence-electron chi connectivity index (χ0n) is 16.8. The molecule has 0 bridgehead atoms. The molecule has 2 heterocycles. The average molecular weight is 370 g/mol. The van der Waals surface area contributed by atoms with Crippen molar-refractivity contribution >= 4 is 17.0 Å². The van der Waals surface area contributed by atoms with Gasteiger partial charge in [0.1, 0.15) is 0 Å². The van der Waals surface area contributed by atoms with Crippen LogP contribution in [0.5, 0.6) is 0 Å². The van der Waals surface area contributed by atoms with Gasteiger partial charge in [0.05, 0.1) is 22.2 Å². The van der Waals surface area contributed by atoms with E-state index >= 15 is 0 Å². The molecule has 0 aliphatic heterocycles. The molecule has 2 fully saturated rings. The highest BCUT2D eigenvalue weighted by Crippen LogP contribution is 2.42. The van der Waals surface area contributed by atoms with E-state index in [0.29, 0.717) is 29.7 Å². The number of carbonyl (C=O) groups is 1. The fourth-order valence-electron chi connectivity index (χ4n) is 3.79. The number of nitrogens with one attached hydrogen (secondary N) is 1. The van der Waals surface area contributed by atoms with Crippen molar-refractivity contribution in [2.24, 2.45) is 17.1 Å². The smallest absolute Gasteiger partial charge is 0.259 e. The molecule has 1 amide bonds. The summed E-state index contributed by atoms with van der Waals surface area (Å²) in [4.78, 5) is 18.0. The summed E-state index contributed by atoms with van der Waals surface area (Å²) in [5, 5.41) is 8.24. The first-order valence-corrected chi connectivity index (χ1v) is 10.0. The predicted molar refractivity (Wildman–Crippen MR) is 105 cm³/mol. The Morgan fingerprint density at radius 1 is 1.26 bits per heavy atom. The number of hydrogen-bond donors (Lipinski definition) is 2. The van der Waals surface area contributed by atoms with Gasteiger partial charge in [0.25, 0.3) is 11.6 Å². The minimum atomic E-state index is -0.367. The van der Waals surface area contributed by atoms with Gasteiger partial charge in [-0.1, -0.05) is 25.9 Å². The molecule has 1 atom stereocenters. The molecule has 2 aliphatic rings. The Hall–Kier alpha value is -1.95. The third-order valence-electron chi connectivity index (χ3n) is 5.78. The first-order chi connectivity index (χ1) is 12.7. The number of nitrogens with zero attached hydrogens (tertiary/aromatic N) is 2. The number of carbonyl (C=O) groups excluding carboxylic acids is 1. The standard InChI is InChI=1S/C21H30N4O2/c1-20(2,3)10-16-17-14(18(26)24-21(4,11-22)13-7-8-13)9-15(12-5-6-12)23-19(17)27-25-16/h9,12-13H,5-8,10-11,22H2,1-4H3,(H,24,26). The van der Waals surface area contributed by atoms with Crippen molar-refractivity contribution in [1.29, 1.82) is 0 Å². The van der Waals surface area contributed by atoms with Crippen LogP contribution in [0.15, 0.2) is 10.6 Å². The van der Waals surface area contributed by atoms with Gasteiger partial charge in [-0.3, -0.25) is 4.79 Å². The van der Waals surface area contributed by atoms with Crippen molar-refractivity contribution in [3.8, 4) is 0 Å². The first-order valence-electron chi connectivity index (χ1n) is 10.0. The average Bonchev–Trinajstić information content (AvgIpc) is 3.50. The summed E-state index contributed by atoms with van der Waals surface area (Å²) in [6.07, 6.45) is 5.20. The van der Waals surface area contributed by atoms with Crippen molar-refractivity contribution in [1.82, 2.24) is 15.5 Å². The number of aromatic nitrogens is 2. The van der Waals surface area contributed by atoms with Gasteiger partial charge in [-0.05, 0) is 56.4 Å². The Kier molecular flexibility index (Phi) is 4.29. The van der Waals surface area contributed by atoms with Gasteiger partial charge in [0, 0.05) is 18.2 Å². The van der Waals surface area contributed by atoms with Crippen LogP contribution in [0.4, 0.5) is 0 Å². The van der Waals surface area contributed by atoms with Gasteiger partial charge in [-0.25, -0.2) is 4.98 Å². The van der Waals surface area contributed by atoms with E-state index in [-0.39, 0.29) is 16.9 Å². The van der Waals surface area contributed by atoms with Crippen LogP contribution in [0, 0.1) is 11.3 Å². The Balaban J connectivity index is 1.76. The lowest BCUT2D eigenvalue weighted by Gasteiger charge is -2.29. The zero-order chi connectivity index (χ0) is 19.4. The van der Waals surface area contributed by atoms with Crippen LogP contribution in [-0.2, 0) is 6.42 Å². The highest BCUT2D eigenvalue weighted by Gasteiger charge is 2.42. The molecular formula is C21H30N4O2. The normalized spacial score (nSPS) is 19.9. The van der Waals surface area contributed by atoms with E-state index in [1.165, 1.54) is 0 Å². The molecule has 2 aromatic heterocycles. The fourth-order valence-corrected chi connectivity index (χ4v) is 3.79. The summed E-state index contributed by atoms with van der Waals surface area (Å²) < 4.78 is 5.55. The highest BCUT2D eigenvalue weighted by molar-refractivity contribution is 6.06. The van der Waals surface area contributed by atoms with Crippen LogP contribution in [0.3, 0.4) is 0 Å². The van der Waals surface area contributed by atoms with Gasteiger partial charge < -0.3 is 15.6 Å². The highest BCUT2D eigenvalue weighted by atomic mass is 16.5. The van der Waals surface area contributed by atoms with Crippen LogP contribution in [-0.4, -0.2) is 28.1 Å². The molecule has 2 saturated carbocycles. The van der Waals surface area contributed by atoms with E-state index in [1.807, 2.05) is 13.0 Å². The van der Waals surface area contributed by atoms with E-state index in [0.717, 1.165) is 48.9 Å². The Labute approximate surface area is 160 Å². The van der Waals surface area contributed by atoms with Crippen molar-refractivity contribution in [2.75, 3.05) is 6.54 Å². The molecule has 1 unspecified atom stereocenters. The van der Waals surface area contributed by atoms with Crippen molar-refractivity contribution < 1.29 is 9.32 Å². The SMILES string of the molecule is CC(C)(C)Cc1noc2nc(C3CC3)cc(C(=O)NC(C)(CN)C3CC3)c12. The fraction of sp³-hybridized carbons (Fsp3) is 0.667. The summed E-state index contributed by atoms with van der Waals surface area (Å²) in [7, 11) is 0. The van der Waals surface area contributed by atoms with Crippen molar-refractivity contribution in [3.05, 3.63) is 23.0 Å². The summed E-state index contributed by atoms with van der Waals surface area (Å²) in [6.45, 7) is 8.94. The molecule has 0 spiro atoms. The van der Waals surface area contributed by atoms with Gasteiger partial charge >= 0.3 is 0 Å². The first kappa shape index (κ1) is 18.4. The third-order valence-corrected chi connectivity index (χ3v) is 5.78. The maximum atomic E-state index is 13.3. The topological polar surface area (TPSA) is 94.0 Å². The number of rotatable bonds is 6. The minimum absolute atomic E-state index is 0.0342. The Morgan fingerprint density at radius 2 is 1.96 bits per heavy atom. The molecule has 0 aromatic carbocycles. The number of hydrogen-bond acceptors (Lipinski definition) is 5. The molecular weight excluding hydrogens is 340 g/mol.